The van der Waals surface area contributed by atoms with E-state index in [1.54, 1.807) is 0 Å². The van der Waals surface area contributed by atoms with Crippen molar-refractivity contribution in [3.8, 4) is 5.75 Å². The van der Waals surface area contributed by atoms with E-state index < -0.39 is 0 Å². The van der Waals surface area contributed by atoms with Gasteiger partial charge in [-0.3, -0.25) is 0 Å². The van der Waals surface area contributed by atoms with Crippen LogP contribution in [0, 0.1) is 12.8 Å². The molecule has 0 saturated carbocycles. The van der Waals surface area contributed by atoms with Gasteiger partial charge >= 0.3 is 0 Å². The van der Waals surface area contributed by atoms with Crippen LogP contribution < -0.4 is 10.1 Å². The Morgan fingerprint density at radius 2 is 1.81 bits per heavy atom. The maximum absolute atomic E-state index is 6.19. The summed E-state index contributed by atoms with van der Waals surface area (Å²) in [4.78, 5) is 0. The lowest BCUT2D eigenvalue weighted by molar-refractivity contribution is 0.185. The lowest BCUT2D eigenvalue weighted by atomic mass is 9.98. The normalized spacial score (nSPS) is 13.0. The van der Waals surface area contributed by atoms with Crippen molar-refractivity contribution in [3.05, 3.63) is 29.3 Å². The second-order valence-corrected chi connectivity index (χ2v) is 6.75. The van der Waals surface area contributed by atoms with Gasteiger partial charge in [-0.05, 0) is 55.0 Å². The van der Waals surface area contributed by atoms with Gasteiger partial charge in [-0.1, -0.05) is 47.1 Å². The van der Waals surface area contributed by atoms with Crippen molar-refractivity contribution in [1.29, 1.82) is 0 Å². The summed E-state index contributed by atoms with van der Waals surface area (Å²) in [6, 6.07) is 6.51. The molecular weight excluding hydrogens is 258 g/mol. The summed E-state index contributed by atoms with van der Waals surface area (Å²) < 4.78 is 6.19. The van der Waals surface area contributed by atoms with Gasteiger partial charge in [0.1, 0.15) is 11.9 Å². The van der Waals surface area contributed by atoms with Crippen LogP contribution in [0.3, 0.4) is 0 Å². The Bertz CT molecular complexity index is 412. The molecule has 1 rings (SSSR count). The quantitative estimate of drug-likeness (QED) is 0.698. The van der Waals surface area contributed by atoms with Crippen molar-refractivity contribution >= 4 is 0 Å². The van der Waals surface area contributed by atoms with E-state index in [4.69, 9.17) is 4.74 Å². The minimum Gasteiger partial charge on any atom is -0.489 e. The Labute approximate surface area is 131 Å². The topological polar surface area (TPSA) is 21.3 Å². The summed E-state index contributed by atoms with van der Waals surface area (Å²) in [5.74, 6) is 2.25. The number of rotatable bonds is 9. The van der Waals surface area contributed by atoms with E-state index in [1.807, 2.05) is 0 Å². The average molecular weight is 291 g/mol. The Kier molecular flexibility index (Phi) is 7.81. The monoisotopic (exact) mass is 291 g/mol. The minimum atomic E-state index is 0.262. The Balaban J connectivity index is 2.63. The van der Waals surface area contributed by atoms with E-state index in [-0.39, 0.29) is 6.10 Å². The standard InChI is InChI=1S/C19H33NO/c1-7-8-18(13-20-12-14(2)3)21-17-9-10-19(15(4)5)16(6)11-17/h9-11,14-15,18,20H,7-8,12-13H2,1-6H3. The van der Waals surface area contributed by atoms with Crippen LogP contribution in [0.5, 0.6) is 5.75 Å². The van der Waals surface area contributed by atoms with Crippen LogP contribution in [0.4, 0.5) is 0 Å². The van der Waals surface area contributed by atoms with Crippen molar-refractivity contribution in [2.24, 2.45) is 5.92 Å². The van der Waals surface area contributed by atoms with E-state index in [9.17, 15) is 0 Å². The third kappa shape index (κ3) is 6.52. The molecule has 1 N–H and O–H groups in total. The zero-order valence-electron chi connectivity index (χ0n) is 14.7. The van der Waals surface area contributed by atoms with Crippen molar-refractivity contribution in [3.63, 3.8) is 0 Å². The fourth-order valence-electron chi connectivity index (χ4n) is 2.62. The van der Waals surface area contributed by atoms with Gasteiger partial charge in [0, 0.05) is 6.54 Å². The minimum absolute atomic E-state index is 0.262. The molecule has 1 atom stereocenters. The Hall–Kier alpha value is -1.02. The van der Waals surface area contributed by atoms with E-state index in [0.29, 0.717) is 11.8 Å². The lowest BCUT2D eigenvalue weighted by Crippen LogP contribution is -2.33. The van der Waals surface area contributed by atoms with Crippen LogP contribution in [0.1, 0.15) is 64.5 Å². The third-order valence-electron chi connectivity index (χ3n) is 3.70. The summed E-state index contributed by atoms with van der Waals surface area (Å²) in [6.07, 6.45) is 2.51. The average Bonchev–Trinajstić information content (AvgIpc) is 2.38. The summed E-state index contributed by atoms with van der Waals surface area (Å²) in [7, 11) is 0. The SMILES string of the molecule is CCCC(CNCC(C)C)Oc1ccc(C(C)C)c(C)c1. The molecule has 0 spiro atoms. The van der Waals surface area contributed by atoms with Crippen LogP contribution in [0.25, 0.3) is 0 Å². The van der Waals surface area contributed by atoms with Gasteiger partial charge in [0.05, 0.1) is 0 Å². The molecule has 0 aromatic heterocycles. The first-order chi connectivity index (χ1) is 9.93. The van der Waals surface area contributed by atoms with Gasteiger partial charge in [0.15, 0.2) is 0 Å². The first-order valence-corrected chi connectivity index (χ1v) is 8.41. The smallest absolute Gasteiger partial charge is 0.120 e. The zero-order chi connectivity index (χ0) is 15.8. The molecule has 2 nitrogen and oxygen atoms in total. The van der Waals surface area contributed by atoms with Crippen LogP contribution in [0.2, 0.25) is 0 Å². The number of aryl methyl sites for hydroxylation is 1. The Morgan fingerprint density at radius 3 is 2.33 bits per heavy atom. The zero-order valence-corrected chi connectivity index (χ0v) is 14.7. The van der Waals surface area contributed by atoms with E-state index in [0.717, 1.165) is 31.7 Å². The van der Waals surface area contributed by atoms with E-state index in [2.05, 4.69) is 65.1 Å². The predicted octanol–water partition coefficient (Wildman–Crippen LogP) is 4.91. The maximum atomic E-state index is 6.19. The van der Waals surface area contributed by atoms with Crippen LogP contribution in [-0.2, 0) is 0 Å². The van der Waals surface area contributed by atoms with Gasteiger partial charge in [-0.2, -0.15) is 0 Å². The van der Waals surface area contributed by atoms with Crippen LogP contribution in [-0.4, -0.2) is 19.2 Å². The summed E-state index contributed by atoms with van der Waals surface area (Å²) in [5.41, 5.74) is 2.74. The largest absolute Gasteiger partial charge is 0.489 e. The molecule has 2 heteroatoms. The highest BCUT2D eigenvalue weighted by atomic mass is 16.5. The number of benzene rings is 1. The van der Waals surface area contributed by atoms with Gasteiger partial charge < -0.3 is 10.1 Å². The molecule has 1 unspecified atom stereocenters. The molecule has 0 fully saturated rings. The van der Waals surface area contributed by atoms with Gasteiger partial charge in [0.25, 0.3) is 0 Å². The highest BCUT2D eigenvalue weighted by Crippen LogP contribution is 2.24. The van der Waals surface area contributed by atoms with E-state index >= 15 is 0 Å². The van der Waals surface area contributed by atoms with Crippen molar-refractivity contribution in [1.82, 2.24) is 5.32 Å². The molecule has 1 aromatic carbocycles. The second-order valence-electron chi connectivity index (χ2n) is 6.75. The molecule has 0 saturated heterocycles. The first-order valence-electron chi connectivity index (χ1n) is 8.41. The molecule has 0 aliphatic heterocycles. The van der Waals surface area contributed by atoms with Crippen molar-refractivity contribution in [2.45, 2.75) is 66.4 Å². The van der Waals surface area contributed by atoms with Crippen molar-refractivity contribution < 1.29 is 4.74 Å². The van der Waals surface area contributed by atoms with Crippen LogP contribution >= 0.6 is 0 Å². The van der Waals surface area contributed by atoms with Crippen molar-refractivity contribution in [2.75, 3.05) is 13.1 Å². The summed E-state index contributed by atoms with van der Waals surface area (Å²) in [6.45, 7) is 15.3. The molecular formula is C19H33NO. The lowest BCUT2D eigenvalue weighted by Gasteiger charge is -2.21. The van der Waals surface area contributed by atoms with Gasteiger partial charge in [0.2, 0.25) is 0 Å². The summed E-state index contributed by atoms with van der Waals surface area (Å²) >= 11 is 0. The third-order valence-corrected chi connectivity index (χ3v) is 3.70. The molecule has 0 aliphatic rings. The first kappa shape index (κ1) is 18.0. The number of hydrogen-bond acceptors (Lipinski definition) is 2. The fraction of sp³-hybridized carbons (Fsp3) is 0.684. The highest BCUT2D eigenvalue weighted by molar-refractivity contribution is 5.36. The number of nitrogens with one attached hydrogen (secondary N) is 1. The Morgan fingerprint density at radius 1 is 1.10 bits per heavy atom. The molecule has 0 bridgehead atoms. The van der Waals surface area contributed by atoms with Gasteiger partial charge in [-0.15, -0.1) is 0 Å². The van der Waals surface area contributed by atoms with Crippen LogP contribution in [0.15, 0.2) is 18.2 Å². The van der Waals surface area contributed by atoms with E-state index in [1.165, 1.54) is 11.1 Å². The number of hydrogen-bond donors (Lipinski definition) is 1. The molecule has 1 aromatic rings. The molecule has 0 heterocycles. The maximum Gasteiger partial charge on any atom is 0.120 e. The molecule has 0 aliphatic carbocycles. The molecule has 0 radical (unpaired) electrons. The fourth-order valence-corrected chi connectivity index (χ4v) is 2.62. The second kappa shape index (κ2) is 9.09. The predicted molar refractivity (Wildman–Crippen MR) is 92.3 cm³/mol. The molecule has 120 valence electrons. The number of ether oxygens (including phenoxy) is 1. The molecule has 21 heavy (non-hydrogen) atoms. The summed E-state index contributed by atoms with van der Waals surface area (Å²) in [5, 5.41) is 3.51. The highest BCUT2D eigenvalue weighted by Gasteiger charge is 2.11. The molecule has 0 amide bonds. The van der Waals surface area contributed by atoms with Gasteiger partial charge in [-0.25, -0.2) is 0 Å².